The summed E-state index contributed by atoms with van der Waals surface area (Å²) in [4.78, 5) is 0. The third kappa shape index (κ3) is 3.08. The number of anilines is 1. The van der Waals surface area contributed by atoms with Crippen molar-refractivity contribution in [3.63, 3.8) is 0 Å². The number of hydrogen-bond acceptors (Lipinski definition) is 3. The maximum atomic E-state index is 6.33. The Hall–Kier alpha value is -1.48. The van der Waals surface area contributed by atoms with Crippen molar-refractivity contribution in [3.8, 4) is 11.1 Å². The third-order valence-corrected chi connectivity index (χ3v) is 4.71. The minimum Gasteiger partial charge on any atom is -0.367 e. The Morgan fingerprint density at radius 3 is 2.43 bits per heavy atom. The number of halogens is 1. The van der Waals surface area contributed by atoms with Crippen LogP contribution in [0.4, 0.5) is 5.88 Å². The molecule has 4 heteroatoms. The van der Waals surface area contributed by atoms with Crippen LogP contribution in [0.3, 0.4) is 0 Å². The van der Waals surface area contributed by atoms with Crippen molar-refractivity contribution in [3.05, 3.63) is 35.0 Å². The minimum absolute atomic E-state index is 0.375. The second kappa shape index (κ2) is 6.52. The van der Waals surface area contributed by atoms with Gasteiger partial charge in [-0.1, -0.05) is 67.1 Å². The first-order valence-electron chi connectivity index (χ1n) is 7.77. The lowest BCUT2D eigenvalue weighted by Crippen LogP contribution is -2.04. The van der Waals surface area contributed by atoms with Crippen LogP contribution in [0.15, 0.2) is 28.8 Å². The first-order valence-corrected chi connectivity index (χ1v) is 8.15. The molecule has 0 atom stereocenters. The summed E-state index contributed by atoms with van der Waals surface area (Å²) in [5.41, 5.74) is 8.84. The molecule has 1 fully saturated rings. The largest absolute Gasteiger partial charge is 0.367 e. The maximum Gasteiger partial charge on any atom is 0.230 e. The van der Waals surface area contributed by atoms with Gasteiger partial charge >= 0.3 is 0 Å². The number of hydrogen-bond donors (Lipinski definition) is 1. The average molecular weight is 305 g/mol. The summed E-state index contributed by atoms with van der Waals surface area (Å²) < 4.78 is 5.30. The molecule has 1 aromatic heterocycles. The van der Waals surface area contributed by atoms with Gasteiger partial charge in [-0.25, -0.2) is 0 Å². The predicted molar refractivity (Wildman–Crippen MR) is 86.4 cm³/mol. The van der Waals surface area contributed by atoms with Crippen molar-refractivity contribution >= 4 is 17.5 Å². The lowest BCUT2D eigenvalue weighted by Gasteiger charge is -2.18. The highest BCUT2D eigenvalue weighted by Crippen LogP contribution is 2.41. The van der Waals surface area contributed by atoms with Gasteiger partial charge in [0.2, 0.25) is 5.88 Å². The van der Waals surface area contributed by atoms with Crippen LogP contribution >= 0.6 is 11.6 Å². The molecule has 0 spiro atoms. The van der Waals surface area contributed by atoms with Crippen LogP contribution in [0, 0.1) is 0 Å². The topological polar surface area (TPSA) is 52.0 Å². The molecule has 2 aromatic rings. The van der Waals surface area contributed by atoms with E-state index < -0.39 is 0 Å². The van der Waals surface area contributed by atoms with Gasteiger partial charge in [0.05, 0.1) is 11.3 Å². The lowest BCUT2D eigenvalue weighted by atomic mass is 9.86. The Balaban J connectivity index is 1.98. The molecule has 112 valence electrons. The number of aromatic nitrogens is 1. The molecular formula is C17H21ClN2O. The Morgan fingerprint density at radius 1 is 1.05 bits per heavy atom. The summed E-state index contributed by atoms with van der Waals surface area (Å²) in [5.74, 6) is 0.804. The molecule has 0 amide bonds. The van der Waals surface area contributed by atoms with Gasteiger partial charge in [0.1, 0.15) is 0 Å². The van der Waals surface area contributed by atoms with Crippen molar-refractivity contribution in [2.24, 2.45) is 0 Å². The zero-order valence-electron chi connectivity index (χ0n) is 12.1. The molecule has 0 unspecified atom stereocenters. The highest BCUT2D eigenvalue weighted by atomic mass is 35.5. The fraction of sp³-hybridized carbons (Fsp3) is 0.471. The molecule has 0 radical (unpaired) electrons. The van der Waals surface area contributed by atoms with E-state index in [0.717, 1.165) is 29.7 Å². The molecule has 0 aliphatic heterocycles. The van der Waals surface area contributed by atoms with Crippen LogP contribution in [0.5, 0.6) is 0 Å². The van der Waals surface area contributed by atoms with E-state index in [9.17, 15) is 0 Å². The molecular weight excluding hydrogens is 284 g/mol. The zero-order chi connectivity index (χ0) is 14.7. The van der Waals surface area contributed by atoms with Gasteiger partial charge in [-0.3, -0.25) is 0 Å². The smallest absolute Gasteiger partial charge is 0.230 e. The summed E-state index contributed by atoms with van der Waals surface area (Å²) in [5, 5.41) is 4.96. The summed E-state index contributed by atoms with van der Waals surface area (Å²) in [6.07, 6.45) is 8.78. The van der Waals surface area contributed by atoms with Crippen molar-refractivity contribution in [2.45, 2.75) is 50.9 Å². The van der Waals surface area contributed by atoms with E-state index in [1.54, 1.807) is 0 Å². The van der Waals surface area contributed by atoms with Gasteiger partial charge in [0, 0.05) is 16.5 Å². The van der Waals surface area contributed by atoms with Crippen LogP contribution in [0.2, 0.25) is 5.02 Å². The van der Waals surface area contributed by atoms with E-state index >= 15 is 0 Å². The van der Waals surface area contributed by atoms with Crippen LogP contribution in [-0.2, 0) is 0 Å². The highest BCUT2D eigenvalue weighted by Gasteiger charge is 2.25. The number of rotatable bonds is 2. The highest BCUT2D eigenvalue weighted by molar-refractivity contribution is 6.33. The summed E-state index contributed by atoms with van der Waals surface area (Å²) >= 11 is 6.33. The normalized spacial score (nSPS) is 17.4. The molecule has 2 N–H and O–H groups in total. The minimum atomic E-state index is 0.375. The van der Waals surface area contributed by atoms with Crippen molar-refractivity contribution in [1.82, 2.24) is 5.16 Å². The molecule has 1 heterocycles. The van der Waals surface area contributed by atoms with E-state index in [1.807, 2.05) is 24.3 Å². The van der Waals surface area contributed by atoms with Gasteiger partial charge < -0.3 is 10.3 Å². The van der Waals surface area contributed by atoms with Crippen LogP contribution < -0.4 is 5.73 Å². The molecule has 21 heavy (non-hydrogen) atoms. The number of benzene rings is 1. The third-order valence-electron chi connectivity index (χ3n) is 4.38. The molecule has 1 aliphatic rings. The first-order chi connectivity index (χ1) is 10.3. The zero-order valence-corrected chi connectivity index (χ0v) is 12.9. The Labute approximate surface area is 130 Å². The summed E-state index contributed by atoms with van der Waals surface area (Å²) in [7, 11) is 0. The first kappa shape index (κ1) is 14.5. The van der Waals surface area contributed by atoms with Gasteiger partial charge in [0.25, 0.3) is 0 Å². The van der Waals surface area contributed by atoms with Crippen molar-refractivity contribution in [2.75, 3.05) is 5.73 Å². The van der Waals surface area contributed by atoms with E-state index in [1.165, 1.54) is 32.1 Å². The van der Waals surface area contributed by atoms with E-state index in [-0.39, 0.29) is 0 Å². The molecule has 0 bridgehead atoms. The molecule has 1 aliphatic carbocycles. The average Bonchev–Trinajstić information content (AvgIpc) is 2.81. The molecule has 3 rings (SSSR count). The number of nitrogens with zero attached hydrogens (tertiary/aromatic N) is 1. The molecule has 3 nitrogen and oxygen atoms in total. The van der Waals surface area contributed by atoms with E-state index in [4.69, 9.17) is 21.9 Å². The van der Waals surface area contributed by atoms with Crippen LogP contribution in [0.1, 0.15) is 56.6 Å². The fourth-order valence-electron chi connectivity index (χ4n) is 3.26. The van der Waals surface area contributed by atoms with Gasteiger partial charge in [-0.15, -0.1) is 0 Å². The molecule has 1 aromatic carbocycles. The molecule has 1 saturated carbocycles. The van der Waals surface area contributed by atoms with Crippen molar-refractivity contribution < 1.29 is 4.52 Å². The number of nitrogens with two attached hydrogens (primary N) is 1. The monoisotopic (exact) mass is 304 g/mol. The van der Waals surface area contributed by atoms with Gasteiger partial charge in [-0.2, -0.15) is 0 Å². The van der Waals surface area contributed by atoms with Gasteiger partial charge in [0.15, 0.2) is 0 Å². The summed E-state index contributed by atoms with van der Waals surface area (Å²) in [6, 6.07) is 7.75. The Kier molecular flexibility index (Phi) is 4.49. The Morgan fingerprint density at radius 2 is 1.71 bits per heavy atom. The Bertz CT molecular complexity index is 601. The quantitative estimate of drug-likeness (QED) is 0.807. The lowest BCUT2D eigenvalue weighted by molar-refractivity contribution is 0.395. The van der Waals surface area contributed by atoms with Crippen molar-refractivity contribution in [1.29, 1.82) is 0 Å². The summed E-state index contributed by atoms with van der Waals surface area (Å²) in [6.45, 7) is 0. The fourth-order valence-corrected chi connectivity index (χ4v) is 3.49. The predicted octanol–water partition coefficient (Wildman–Crippen LogP) is 5.41. The standard InChI is InChI=1S/C17H21ClN2O/c18-14-11-7-6-10-13(14)15-16(20-21-17(15)19)12-8-4-2-1-3-5-9-12/h6-7,10-12H,1-5,8-9,19H2. The van der Waals surface area contributed by atoms with E-state index in [0.29, 0.717) is 16.8 Å². The van der Waals surface area contributed by atoms with Gasteiger partial charge in [-0.05, 0) is 18.9 Å². The van der Waals surface area contributed by atoms with Crippen LogP contribution in [0.25, 0.3) is 11.1 Å². The SMILES string of the molecule is Nc1onc(C2CCCCCCC2)c1-c1ccccc1Cl. The van der Waals surface area contributed by atoms with Crippen LogP contribution in [-0.4, -0.2) is 5.16 Å². The maximum absolute atomic E-state index is 6.33. The second-order valence-corrected chi connectivity index (χ2v) is 6.24. The molecule has 0 saturated heterocycles. The number of nitrogen functional groups attached to an aromatic ring is 1. The second-order valence-electron chi connectivity index (χ2n) is 5.83. The van der Waals surface area contributed by atoms with E-state index in [2.05, 4.69) is 5.16 Å².